The molecule has 19 heteroatoms. The summed E-state index contributed by atoms with van der Waals surface area (Å²) in [6, 6.07) is 16.2. The summed E-state index contributed by atoms with van der Waals surface area (Å²) in [5.74, 6) is -2.87. The summed E-state index contributed by atoms with van der Waals surface area (Å²) in [5, 5.41) is 12.8. The quantitative estimate of drug-likeness (QED) is 0.0837. The lowest BCUT2D eigenvalue weighted by atomic mass is 9.93. The normalized spacial score (nSPS) is 20.5. The Labute approximate surface area is 380 Å². The number of aromatic nitrogens is 6. The van der Waals surface area contributed by atoms with E-state index in [1.54, 1.807) is 30.5 Å². The minimum atomic E-state index is -5.07. The predicted octanol–water partition coefficient (Wildman–Crippen LogP) is 8.86. The van der Waals surface area contributed by atoms with Crippen molar-refractivity contribution in [1.82, 2.24) is 45.7 Å². The van der Waals surface area contributed by atoms with Gasteiger partial charge in [-0.3, -0.25) is 14.3 Å². The maximum atomic E-state index is 15.7. The van der Waals surface area contributed by atoms with Crippen molar-refractivity contribution in [3.8, 4) is 34.2 Å². The molecule has 340 valence electrons. The largest absolute Gasteiger partial charge is 0.435 e. The fourth-order valence-corrected chi connectivity index (χ4v) is 10.7. The highest BCUT2D eigenvalue weighted by Gasteiger charge is 2.72. The molecule has 0 bridgehead atoms. The highest BCUT2D eigenvalue weighted by atomic mass is 32.1. The van der Waals surface area contributed by atoms with Crippen molar-refractivity contribution < 1.29 is 40.3 Å². The molecule has 7 aromatic rings. The first-order valence-corrected chi connectivity index (χ1v) is 22.3. The molecule has 1 saturated carbocycles. The van der Waals surface area contributed by atoms with E-state index >= 15 is 8.78 Å². The van der Waals surface area contributed by atoms with Crippen LogP contribution in [-0.4, -0.2) is 48.1 Å². The SMILES string of the molecule is C[C@@H]1C2c3c(C(F)(F)F)nn(CC(=O)N[C@@H](Cc4cc(F)cc(F)c4)c4nc5nc(C#Cc6ccc(-c7cnc([C@@H]8CCCN8)[nH]7)cc6)sc5cc4-c4ccc5c(c4)C(=O)NC5)c3C(F)(F)C21. The number of hydrogen-bond donors (Lipinski definition) is 4. The summed E-state index contributed by atoms with van der Waals surface area (Å²) in [7, 11) is 0. The van der Waals surface area contributed by atoms with Crippen molar-refractivity contribution in [2.45, 2.75) is 69.4 Å². The van der Waals surface area contributed by atoms with E-state index in [4.69, 9.17) is 4.98 Å². The number of halogens is 7. The van der Waals surface area contributed by atoms with Gasteiger partial charge in [0.05, 0.1) is 34.4 Å². The van der Waals surface area contributed by atoms with E-state index in [0.29, 0.717) is 49.3 Å². The first-order chi connectivity index (χ1) is 32.1. The van der Waals surface area contributed by atoms with Gasteiger partial charge in [0.1, 0.15) is 29.7 Å². The number of amides is 2. The second-order valence-corrected chi connectivity index (χ2v) is 18.4. The Bertz CT molecular complexity index is 3210. The Morgan fingerprint density at radius 3 is 2.52 bits per heavy atom. The molecule has 6 heterocycles. The van der Waals surface area contributed by atoms with E-state index in [2.05, 4.69) is 47.8 Å². The van der Waals surface area contributed by atoms with Gasteiger partial charge in [-0.15, -0.1) is 11.3 Å². The maximum Gasteiger partial charge on any atom is 0.435 e. The van der Waals surface area contributed by atoms with Crippen LogP contribution in [0.2, 0.25) is 0 Å². The van der Waals surface area contributed by atoms with Crippen LogP contribution in [0.5, 0.6) is 0 Å². The molecule has 0 spiro atoms. The van der Waals surface area contributed by atoms with Gasteiger partial charge in [0, 0.05) is 46.7 Å². The molecular weight excluding hydrogens is 900 g/mol. The highest BCUT2D eigenvalue weighted by Crippen LogP contribution is 2.71. The topological polar surface area (TPSA) is 143 Å². The van der Waals surface area contributed by atoms with Gasteiger partial charge < -0.3 is 20.9 Å². The third kappa shape index (κ3) is 7.71. The molecule has 1 saturated heterocycles. The Kier molecular flexibility index (Phi) is 10.1. The summed E-state index contributed by atoms with van der Waals surface area (Å²) in [4.78, 5) is 44.4. The molecule has 11 nitrogen and oxygen atoms in total. The van der Waals surface area contributed by atoms with E-state index in [9.17, 15) is 31.5 Å². The number of rotatable bonds is 9. The second kappa shape index (κ2) is 15.9. The van der Waals surface area contributed by atoms with Gasteiger partial charge >= 0.3 is 6.18 Å². The van der Waals surface area contributed by atoms with Crippen molar-refractivity contribution in [2.24, 2.45) is 11.8 Å². The van der Waals surface area contributed by atoms with E-state index < -0.39 is 76.9 Å². The van der Waals surface area contributed by atoms with Crippen LogP contribution >= 0.6 is 11.3 Å². The van der Waals surface area contributed by atoms with Gasteiger partial charge in [-0.25, -0.2) is 23.7 Å². The lowest BCUT2D eigenvalue weighted by molar-refractivity contribution is -0.142. The molecule has 2 amide bonds. The summed E-state index contributed by atoms with van der Waals surface area (Å²) < 4.78 is 105. The van der Waals surface area contributed by atoms with Crippen LogP contribution in [-0.2, 0) is 36.4 Å². The predicted molar refractivity (Wildman–Crippen MR) is 231 cm³/mol. The van der Waals surface area contributed by atoms with Crippen LogP contribution in [0.4, 0.5) is 30.7 Å². The van der Waals surface area contributed by atoms with Crippen LogP contribution < -0.4 is 16.0 Å². The van der Waals surface area contributed by atoms with Crippen molar-refractivity contribution in [2.75, 3.05) is 6.54 Å². The van der Waals surface area contributed by atoms with Crippen LogP contribution in [0.1, 0.15) is 98.3 Å². The van der Waals surface area contributed by atoms with Crippen LogP contribution in [0, 0.1) is 35.3 Å². The minimum absolute atomic E-state index is 0.0681. The summed E-state index contributed by atoms with van der Waals surface area (Å²) in [6.07, 6.45) is -1.47. The molecule has 2 unspecified atom stereocenters. The monoisotopic (exact) mass is 935 g/mol. The van der Waals surface area contributed by atoms with Crippen LogP contribution in [0.15, 0.2) is 72.9 Å². The first-order valence-electron chi connectivity index (χ1n) is 21.5. The van der Waals surface area contributed by atoms with Crippen molar-refractivity contribution in [1.29, 1.82) is 0 Å². The first kappa shape index (κ1) is 42.7. The molecule has 2 aliphatic heterocycles. The minimum Gasteiger partial charge on any atom is -0.348 e. The zero-order valence-electron chi connectivity index (χ0n) is 35.2. The molecule has 4 aliphatic rings. The molecule has 0 radical (unpaired) electrons. The Hall–Kier alpha value is -6.91. The number of nitrogens with zero attached hydrogens (tertiary/aromatic N) is 5. The average molecular weight is 936 g/mol. The Morgan fingerprint density at radius 2 is 1.78 bits per heavy atom. The molecule has 5 atom stereocenters. The number of H-pyrrole nitrogens is 1. The van der Waals surface area contributed by atoms with Crippen molar-refractivity contribution >= 4 is 33.5 Å². The number of benzene rings is 3. The fraction of sp³-hybridized carbons (Fsp3) is 0.292. The molecule has 4 aromatic heterocycles. The van der Waals surface area contributed by atoms with E-state index in [1.807, 2.05) is 24.3 Å². The van der Waals surface area contributed by atoms with Gasteiger partial charge in [-0.05, 0) is 96.3 Å². The number of fused-ring (bicyclic) bond motifs is 5. The number of carbonyl (C=O) groups is 2. The summed E-state index contributed by atoms with van der Waals surface area (Å²) >= 11 is 1.22. The molecule has 3 aromatic carbocycles. The lowest BCUT2D eigenvalue weighted by Gasteiger charge is -2.23. The summed E-state index contributed by atoms with van der Waals surface area (Å²) in [6.45, 7) is 1.67. The van der Waals surface area contributed by atoms with Gasteiger partial charge in [0.25, 0.3) is 11.8 Å². The number of carbonyl (C=O) groups excluding carboxylic acids is 2. The average Bonchev–Trinajstić information content (AvgIpc) is 4.03. The number of aromatic amines is 1. The number of pyridine rings is 1. The van der Waals surface area contributed by atoms with Crippen molar-refractivity contribution in [3.05, 3.63) is 140 Å². The van der Waals surface area contributed by atoms with Gasteiger partial charge in [0.15, 0.2) is 16.3 Å². The molecular formula is C48H36F7N9O2S. The molecule has 2 aliphatic carbocycles. The molecule has 67 heavy (non-hydrogen) atoms. The standard InChI is InChI=1S/C48H36F7N9O2S/c1-22-38-39-42(48(53,54)55)63-64(43(39)47(51,52)40(22)38)21-36(65)59-33(15-24-13-28(49)17-29(50)14-24)41-30(26-9-10-27-19-58-46(66)31(27)16-26)18-35-45(62-41)61-37(67-35)11-6-23-4-7-25(8-5-23)34-20-57-44(60-34)32-3-2-12-56-32/h4-5,7-10,13-14,16-18,20,22,32-33,38,40,56H,2-3,12,15,19,21H2,1H3,(H,57,60)(H,58,66)(H,59,65)/t22-,32+,33+,38?,40?/m1/s1. The van der Waals surface area contributed by atoms with E-state index in [1.165, 1.54) is 18.3 Å². The maximum absolute atomic E-state index is 15.7. The summed E-state index contributed by atoms with van der Waals surface area (Å²) in [5.41, 5.74) is 1.81. The second-order valence-electron chi connectivity index (χ2n) is 17.4. The number of imidazole rings is 1. The Balaban J connectivity index is 0.960. The van der Waals surface area contributed by atoms with Gasteiger partial charge in [-0.1, -0.05) is 37.1 Å². The number of alkyl halides is 5. The zero-order chi connectivity index (χ0) is 46.5. The molecule has 4 N–H and O–H groups in total. The lowest BCUT2D eigenvalue weighted by Crippen LogP contribution is -2.35. The molecule has 11 rings (SSSR count). The van der Waals surface area contributed by atoms with Crippen LogP contribution in [0.3, 0.4) is 0 Å². The van der Waals surface area contributed by atoms with E-state index in [-0.39, 0.29) is 35.3 Å². The van der Waals surface area contributed by atoms with E-state index in [0.717, 1.165) is 54.2 Å². The smallest absolute Gasteiger partial charge is 0.348 e. The van der Waals surface area contributed by atoms with Crippen molar-refractivity contribution in [3.63, 3.8) is 0 Å². The highest BCUT2D eigenvalue weighted by molar-refractivity contribution is 7.19. The van der Waals surface area contributed by atoms with Crippen LogP contribution in [0.25, 0.3) is 32.7 Å². The van der Waals surface area contributed by atoms with Gasteiger partial charge in [0.2, 0.25) is 5.91 Å². The Morgan fingerprint density at radius 1 is 1.00 bits per heavy atom. The third-order valence-corrected chi connectivity index (χ3v) is 13.9. The fourth-order valence-electron chi connectivity index (χ4n) is 9.89. The molecule has 2 fully saturated rings. The van der Waals surface area contributed by atoms with Gasteiger partial charge in [-0.2, -0.15) is 27.1 Å². The third-order valence-electron chi connectivity index (χ3n) is 13.0. The number of thiazole rings is 1. The zero-order valence-corrected chi connectivity index (χ0v) is 36.0. The number of nitrogens with one attached hydrogen (secondary N) is 4. The number of hydrogen-bond acceptors (Lipinski definition) is 8.